The van der Waals surface area contributed by atoms with Gasteiger partial charge < -0.3 is 20.4 Å². The average Bonchev–Trinajstić information content (AvgIpc) is 2.62. The molecule has 1 heterocycles. The van der Waals surface area contributed by atoms with Crippen LogP contribution in [0.4, 0.5) is 21.9 Å². The molecule has 1 aliphatic rings. The molecule has 3 rings (SSSR count). The summed E-state index contributed by atoms with van der Waals surface area (Å²) in [4.78, 5) is 27.6. The first-order chi connectivity index (χ1) is 12.1. The summed E-state index contributed by atoms with van der Waals surface area (Å²) >= 11 is 0. The largest absolute Gasteiger partial charge is 0.368 e. The second-order valence-electron chi connectivity index (χ2n) is 6.00. The second kappa shape index (κ2) is 7.70. The predicted molar refractivity (Wildman–Crippen MR) is 100.0 cm³/mol. The summed E-state index contributed by atoms with van der Waals surface area (Å²) in [5.41, 5.74) is 2.64. The van der Waals surface area contributed by atoms with Gasteiger partial charge in [0.15, 0.2) is 0 Å². The van der Waals surface area contributed by atoms with E-state index >= 15 is 0 Å². The first-order valence-corrected chi connectivity index (χ1v) is 8.35. The molecule has 2 aromatic carbocycles. The number of anilines is 3. The van der Waals surface area contributed by atoms with Crippen molar-refractivity contribution in [1.82, 2.24) is 4.90 Å². The van der Waals surface area contributed by atoms with E-state index in [0.717, 1.165) is 30.2 Å². The molecule has 2 aromatic rings. The van der Waals surface area contributed by atoms with Crippen molar-refractivity contribution in [2.75, 3.05) is 41.7 Å². The Morgan fingerprint density at radius 3 is 2.20 bits per heavy atom. The van der Waals surface area contributed by atoms with Crippen molar-refractivity contribution >= 4 is 29.0 Å². The zero-order valence-electron chi connectivity index (χ0n) is 14.2. The maximum absolute atomic E-state index is 12.3. The van der Waals surface area contributed by atoms with Gasteiger partial charge in [0.2, 0.25) is 5.91 Å². The molecule has 0 aliphatic carbocycles. The van der Waals surface area contributed by atoms with Crippen molar-refractivity contribution in [3.8, 4) is 0 Å². The standard InChI is InChI=1S/C19H22N4O2/c1-15(24)20-17-8-5-9-18(14-17)22-10-12-23(13-11-22)19(25)21-16-6-3-2-4-7-16/h2-9,14H,10-13H2,1H3,(H,20,24)(H,21,25). The first kappa shape index (κ1) is 16.8. The lowest BCUT2D eigenvalue weighted by atomic mass is 10.2. The fraction of sp³-hybridized carbons (Fsp3) is 0.263. The summed E-state index contributed by atoms with van der Waals surface area (Å²) in [7, 11) is 0. The van der Waals surface area contributed by atoms with Gasteiger partial charge in [-0.2, -0.15) is 0 Å². The van der Waals surface area contributed by atoms with E-state index in [1.807, 2.05) is 59.5 Å². The van der Waals surface area contributed by atoms with Crippen molar-refractivity contribution in [1.29, 1.82) is 0 Å². The van der Waals surface area contributed by atoms with Crippen LogP contribution in [0.25, 0.3) is 0 Å². The van der Waals surface area contributed by atoms with Crippen LogP contribution >= 0.6 is 0 Å². The van der Waals surface area contributed by atoms with E-state index in [1.54, 1.807) is 0 Å². The summed E-state index contributed by atoms with van der Waals surface area (Å²) in [6.07, 6.45) is 0. The van der Waals surface area contributed by atoms with Crippen molar-refractivity contribution in [2.24, 2.45) is 0 Å². The molecule has 1 saturated heterocycles. The van der Waals surface area contributed by atoms with Crippen LogP contribution in [0.3, 0.4) is 0 Å². The third-order valence-corrected chi connectivity index (χ3v) is 4.12. The van der Waals surface area contributed by atoms with Crippen LogP contribution in [-0.4, -0.2) is 43.0 Å². The Morgan fingerprint density at radius 2 is 1.52 bits per heavy atom. The Labute approximate surface area is 147 Å². The van der Waals surface area contributed by atoms with Crippen LogP contribution in [0.5, 0.6) is 0 Å². The van der Waals surface area contributed by atoms with Crippen molar-refractivity contribution in [3.63, 3.8) is 0 Å². The lowest BCUT2D eigenvalue weighted by Gasteiger charge is -2.36. The molecule has 130 valence electrons. The number of carbonyl (C=O) groups excluding carboxylic acids is 2. The van der Waals surface area contributed by atoms with Gasteiger partial charge in [-0.15, -0.1) is 0 Å². The summed E-state index contributed by atoms with van der Waals surface area (Å²) < 4.78 is 0. The van der Waals surface area contributed by atoms with E-state index in [0.29, 0.717) is 13.1 Å². The van der Waals surface area contributed by atoms with Gasteiger partial charge in [0, 0.05) is 50.2 Å². The van der Waals surface area contributed by atoms with Crippen LogP contribution in [0.15, 0.2) is 54.6 Å². The van der Waals surface area contributed by atoms with E-state index in [1.165, 1.54) is 6.92 Å². The van der Waals surface area contributed by atoms with Gasteiger partial charge in [-0.05, 0) is 30.3 Å². The Balaban J connectivity index is 1.56. The molecule has 1 aliphatic heterocycles. The number of amides is 3. The SMILES string of the molecule is CC(=O)Nc1cccc(N2CCN(C(=O)Nc3ccccc3)CC2)c1. The summed E-state index contributed by atoms with van der Waals surface area (Å²) in [6, 6.07) is 17.2. The Hall–Kier alpha value is -3.02. The summed E-state index contributed by atoms with van der Waals surface area (Å²) in [5.74, 6) is -0.0837. The molecule has 0 unspecified atom stereocenters. The highest BCUT2D eigenvalue weighted by Crippen LogP contribution is 2.21. The van der Waals surface area contributed by atoms with Crippen molar-refractivity contribution in [2.45, 2.75) is 6.92 Å². The van der Waals surface area contributed by atoms with Crippen LogP contribution in [0.1, 0.15) is 6.92 Å². The molecule has 0 atom stereocenters. The molecular formula is C19H22N4O2. The average molecular weight is 338 g/mol. The number of piperazine rings is 1. The van der Waals surface area contributed by atoms with E-state index in [9.17, 15) is 9.59 Å². The van der Waals surface area contributed by atoms with Gasteiger partial charge in [0.1, 0.15) is 0 Å². The molecule has 0 radical (unpaired) electrons. The molecule has 0 saturated carbocycles. The minimum absolute atomic E-state index is 0.0714. The number of nitrogens with zero attached hydrogens (tertiary/aromatic N) is 2. The molecule has 6 heteroatoms. The van der Waals surface area contributed by atoms with Crippen molar-refractivity contribution in [3.05, 3.63) is 54.6 Å². The van der Waals surface area contributed by atoms with Crippen LogP contribution < -0.4 is 15.5 Å². The van der Waals surface area contributed by atoms with Gasteiger partial charge >= 0.3 is 6.03 Å². The fourth-order valence-corrected chi connectivity index (χ4v) is 2.88. The van der Waals surface area contributed by atoms with Gasteiger partial charge in [0.05, 0.1) is 0 Å². The predicted octanol–water partition coefficient (Wildman–Crippen LogP) is 3.00. The molecular weight excluding hydrogens is 316 g/mol. The summed E-state index contributed by atoms with van der Waals surface area (Å²) in [6.45, 7) is 4.32. The molecule has 0 spiro atoms. The molecule has 6 nitrogen and oxygen atoms in total. The van der Waals surface area contributed by atoms with E-state index in [4.69, 9.17) is 0 Å². The van der Waals surface area contributed by atoms with E-state index in [2.05, 4.69) is 15.5 Å². The maximum Gasteiger partial charge on any atom is 0.321 e. The third kappa shape index (κ3) is 4.50. The molecule has 3 amide bonds. The quantitative estimate of drug-likeness (QED) is 0.904. The van der Waals surface area contributed by atoms with Gasteiger partial charge in [-0.3, -0.25) is 4.79 Å². The second-order valence-corrected chi connectivity index (χ2v) is 6.00. The molecule has 0 aromatic heterocycles. The van der Waals surface area contributed by atoms with Gasteiger partial charge in [-0.1, -0.05) is 24.3 Å². The van der Waals surface area contributed by atoms with E-state index < -0.39 is 0 Å². The lowest BCUT2D eigenvalue weighted by Crippen LogP contribution is -2.50. The van der Waals surface area contributed by atoms with Crippen LogP contribution in [-0.2, 0) is 4.79 Å². The monoisotopic (exact) mass is 338 g/mol. The number of benzene rings is 2. The van der Waals surface area contributed by atoms with Crippen LogP contribution in [0.2, 0.25) is 0 Å². The highest BCUT2D eigenvalue weighted by atomic mass is 16.2. The van der Waals surface area contributed by atoms with Crippen LogP contribution in [0, 0.1) is 0 Å². The number of urea groups is 1. The first-order valence-electron chi connectivity index (χ1n) is 8.35. The topological polar surface area (TPSA) is 64.7 Å². The number of para-hydroxylation sites is 1. The Morgan fingerprint density at radius 1 is 0.840 bits per heavy atom. The zero-order chi connectivity index (χ0) is 17.6. The maximum atomic E-state index is 12.3. The van der Waals surface area contributed by atoms with E-state index in [-0.39, 0.29) is 11.9 Å². The molecule has 2 N–H and O–H groups in total. The zero-order valence-corrected chi connectivity index (χ0v) is 14.2. The fourth-order valence-electron chi connectivity index (χ4n) is 2.88. The van der Waals surface area contributed by atoms with Gasteiger partial charge in [0.25, 0.3) is 0 Å². The number of carbonyl (C=O) groups is 2. The lowest BCUT2D eigenvalue weighted by molar-refractivity contribution is -0.114. The highest BCUT2D eigenvalue weighted by Gasteiger charge is 2.21. The number of hydrogen-bond acceptors (Lipinski definition) is 3. The van der Waals surface area contributed by atoms with Crippen molar-refractivity contribution < 1.29 is 9.59 Å². The minimum Gasteiger partial charge on any atom is -0.368 e. The molecule has 25 heavy (non-hydrogen) atoms. The third-order valence-electron chi connectivity index (χ3n) is 4.12. The minimum atomic E-state index is -0.0837. The normalized spacial score (nSPS) is 14.1. The Kier molecular flexibility index (Phi) is 5.18. The molecule has 1 fully saturated rings. The number of rotatable bonds is 3. The summed E-state index contributed by atoms with van der Waals surface area (Å²) in [5, 5.41) is 5.72. The molecule has 0 bridgehead atoms. The van der Waals surface area contributed by atoms with Gasteiger partial charge in [-0.25, -0.2) is 4.79 Å². The Bertz CT molecular complexity index is 740. The number of nitrogens with one attached hydrogen (secondary N) is 2. The number of hydrogen-bond donors (Lipinski definition) is 2. The highest BCUT2D eigenvalue weighted by molar-refractivity contribution is 5.90. The smallest absolute Gasteiger partial charge is 0.321 e.